The molecule has 0 saturated carbocycles. The number of fused-ring (bicyclic) bond motifs is 1. The summed E-state index contributed by atoms with van der Waals surface area (Å²) in [6, 6.07) is 28.8. The van der Waals surface area contributed by atoms with Crippen LogP contribution in [0, 0.1) is 0 Å². The highest BCUT2D eigenvalue weighted by Crippen LogP contribution is 2.34. The van der Waals surface area contributed by atoms with Gasteiger partial charge in [0.05, 0.1) is 11.4 Å². The van der Waals surface area contributed by atoms with Crippen molar-refractivity contribution in [1.82, 2.24) is 34.4 Å². The topological polar surface area (TPSA) is 75.0 Å². The zero-order valence-electron chi connectivity index (χ0n) is 21.9. The first-order valence-electron chi connectivity index (χ1n) is 13.6. The number of hydrogen-bond donors (Lipinski definition) is 1. The number of H-pyrrole nitrogens is 1. The lowest BCUT2D eigenvalue weighted by atomic mass is 9.95. The van der Waals surface area contributed by atoms with Gasteiger partial charge < -0.3 is 4.98 Å². The van der Waals surface area contributed by atoms with Gasteiger partial charge in [0.25, 0.3) is 0 Å². The van der Waals surface area contributed by atoms with E-state index in [2.05, 4.69) is 78.0 Å². The number of pyridine rings is 2. The van der Waals surface area contributed by atoms with Gasteiger partial charge in [-0.3, -0.25) is 14.3 Å². The number of rotatable bonds is 6. The van der Waals surface area contributed by atoms with Crippen molar-refractivity contribution >= 4 is 17.2 Å². The van der Waals surface area contributed by atoms with Gasteiger partial charge in [0.15, 0.2) is 5.82 Å². The van der Waals surface area contributed by atoms with Crippen LogP contribution in [0.4, 0.5) is 0 Å². The van der Waals surface area contributed by atoms with Crippen LogP contribution in [-0.2, 0) is 6.54 Å². The highest BCUT2D eigenvalue weighted by Gasteiger charge is 2.24. The van der Waals surface area contributed by atoms with Crippen molar-refractivity contribution < 1.29 is 0 Å². The van der Waals surface area contributed by atoms with Crippen molar-refractivity contribution in [1.29, 1.82) is 0 Å². The molecule has 1 aliphatic heterocycles. The third-order valence-corrected chi connectivity index (χ3v) is 7.89. The lowest BCUT2D eigenvalue weighted by Gasteiger charge is -2.30. The molecule has 8 heteroatoms. The third kappa shape index (κ3) is 4.90. The second-order valence-electron chi connectivity index (χ2n) is 10.3. The Kier molecular flexibility index (Phi) is 6.59. The molecule has 1 N–H and O–H groups in total. The van der Waals surface area contributed by atoms with Crippen molar-refractivity contribution in [3.05, 3.63) is 114 Å². The minimum Gasteiger partial charge on any atom is -0.323 e. The predicted octanol–water partition coefficient (Wildman–Crippen LogP) is 6.88. The molecule has 0 aliphatic carbocycles. The van der Waals surface area contributed by atoms with Crippen molar-refractivity contribution in [2.45, 2.75) is 25.3 Å². The van der Waals surface area contributed by atoms with Gasteiger partial charge in [0, 0.05) is 47.1 Å². The molecule has 0 radical (unpaired) electrons. The summed E-state index contributed by atoms with van der Waals surface area (Å²) in [4.78, 5) is 15.3. The van der Waals surface area contributed by atoms with E-state index in [1.54, 1.807) is 6.20 Å². The van der Waals surface area contributed by atoms with E-state index in [9.17, 15) is 0 Å². The number of nitrogens with zero attached hydrogens (tertiary/aromatic N) is 6. The molecule has 4 aromatic heterocycles. The Bertz CT molecular complexity index is 1740. The van der Waals surface area contributed by atoms with Crippen LogP contribution >= 0.6 is 11.6 Å². The normalized spacial score (nSPS) is 14.6. The number of nitrogens with one attached hydrogen (secondary N) is 1. The van der Waals surface area contributed by atoms with Crippen LogP contribution in [0.2, 0.25) is 5.02 Å². The molecule has 5 heterocycles. The number of benzene rings is 2. The van der Waals surface area contributed by atoms with Gasteiger partial charge in [-0.2, -0.15) is 0 Å². The zero-order valence-corrected chi connectivity index (χ0v) is 22.7. The van der Waals surface area contributed by atoms with Crippen LogP contribution in [0.3, 0.4) is 0 Å². The van der Waals surface area contributed by atoms with E-state index < -0.39 is 0 Å². The van der Waals surface area contributed by atoms with Crippen molar-refractivity contribution in [3.63, 3.8) is 0 Å². The molecule has 7 rings (SSSR count). The van der Waals surface area contributed by atoms with E-state index in [0.29, 0.717) is 10.9 Å². The highest BCUT2D eigenvalue weighted by atomic mass is 35.5. The van der Waals surface area contributed by atoms with E-state index in [1.807, 2.05) is 42.6 Å². The summed E-state index contributed by atoms with van der Waals surface area (Å²) in [5, 5.41) is 9.44. The minimum absolute atomic E-state index is 0.392. The molecular formula is C32H28ClN7. The van der Waals surface area contributed by atoms with Gasteiger partial charge in [-0.25, -0.2) is 4.98 Å². The van der Waals surface area contributed by atoms with Gasteiger partial charge in [0.1, 0.15) is 17.2 Å². The van der Waals surface area contributed by atoms with E-state index in [0.717, 1.165) is 78.0 Å². The summed E-state index contributed by atoms with van der Waals surface area (Å²) in [6.07, 6.45) is 5.88. The second-order valence-corrected chi connectivity index (χ2v) is 10.7. The number of halogens is 1. The quantitative estimate of drug-likeness (QED) is 0.247. The number of piperidine rings is 1. The molecule has 198 valence electrons. The third-order valence-electron chi connectivity index (χ3n) is 7.65. The molecule has 1 saturated heterocycles. The second kappa shape index (κ2) is 10.7. The average Bonchev–Trinajstić information content (AvgIpc) is 3.64. The zero-order chi connectivity index (χ0) is 26.9. The van der Waals surface area contributed by atoms with Crippen LogP contribution in [-0.4, -0.2) is 47.5 Å². The van der Waals surface area contributed by atoms with E-state index >= 15 is 0 Å². The van der Waals surface area contributed by atoms with Gasteiger partial charge >= 0.3 is 0 Å². The van der Waals surface area contributed by atoms with Crippen LogP contribution in [0.1, 0.15) is 30.1 Å². The Hall–Kier alpha value is -4.33. The highest BCUT2D eigenvalue weighted by molar-refractivity contribution is 6.30. The fourth-order valence-corrected chi connectivity index (χ4v) is 5.71. The first-order chi connectivity index (χ1) is 19.7. The fourth-order valence-electron chi connectivity index (χ4n) is 5.56. The van der Waals surface area contributed by atoms with E-state index in [4.69, 9.17) is 16.6 Å². The first kappa shape index (κ1) is 24.7. The van der Waals surface area contributed by atoms with Gasteiger partial charge in [-0.1, -0.05) is 72.3 Å². The number of imidazole rings is 1. The predicted molar refractivity (Wildman–Crippen MR) is 158 cm³/mol. The smallest absolute Gasteiger partial charge is 0.179 e. The van der Waals surface area contributed by atoms with Gasteiger partial charge in [-0.15, -0.1) is 10.2 Å². The maximum Gasteiger partial charge on any atom is 0.179 e. The maximum atomic E-state index is 6.29. The summed E-state index contributed by atoms with van der Waals surface area (Å²) < 4.78 is 2.11. The van der Waals surface area contributed by atoms with Gasteiger partial charge in [0.2, 0.25) is 0 Å². The number of likely N-dealkylation sites (tertiary alicyclic amines) is 1. The molecule has 7 nitrogen and oxygen atoms in total. The SMILES string of the molecule is Clc1ccn2c(-c3ccccc3)c(-c3ccc(CN4CCC(c5nnc(-c6ccccn6)[nH]5)CC4)cc3)nc2c1. The first-order valence-corrected chi connectivity index (χ1v) is 14.0. The molecule has 0 amide bonds. The largest absolute Gasteiger partial charge is 0.323 e. The molecule has 0 atom stereocenters. The molecule has 1 aliphatic rings. The monoisotopic (exact) mass is 545 g/mol. The van der Waals surface area contributed by atoms with Crippen LogP contribution in [0.15, 0.2) is 97.3 Å². The summed E-state index contributed by atoms with van der Waals surface area (Å²) in [5.41, 5.74) is 7.21. The van der Waals surface area contributed by atoms with Crippen molar-refractivity contribution in [2.75, 3.05) is 13.1 Å². The summed E-state index contributed by atoms with van der Waals surface area (Å²) >= 11 is 6.29. The summed E-state index contributed by atoms with van der Waals surface area (Å²) in [6.45, 7) is 2.98. The number of hydrogen-bond acceptors (Lipinski definition) is 5. The maximum absolute atomic E-state index is 6.29. The molecule has 0 spiro atoms. The van der Waals surface area contributed by atoms with Crippen LogP contribution in [0.25, 0.3) is 39.7 Å². The van der Waals surface area contributed by atoms with Gasteiger partial charge in [-0.05, 0) is 49.7 Å². The van der Waals surface area contributed by atoms with E-state index in [1.165, 1.54) is 5.56 Å². The Morgan fingerprint density at radius 3 is 2.42 bits per heavy atom. The number of aromatic nitrogens is 6. The van der Waals surface area contributed by atoms with Crippen LogP contribution < -0.4 is 0 Å². The number of aromatic amines is 1. The molecule has 1 fully saturated rings. The van der Waals surface area contributed by atoms with E-state index in [-0.39, 0.29) is 0 Å². The Morgan fingerprint density at radius 1 is 0.850 bits per heavy atom. The minimum atomic E-state index is 0.392. The van der Waals surface area contributed by atoms with Crippen molar-refractivity contribution in [2.24, 2.45) is 0 Å². The van der Waals surface area contributed by atoms with Crippen molar-refractivity contribution in [3.8, 4) is 34.0 Å². The standard InChI is InChI=1S/C32H28ClN7/c33-26-15-19-40-28(20-26)35-29(30(40)24-6-2-1-3-7-24)23-11-9-22(10-12-23)21-39-17-13-25(14-18-39)31-36-32(38-37-31)27-8-4-5-16-34-27/h1-12,15-16,19-20,25H,13-14,17-18,21H2,(H,36,37,38). The Labute approximate surface area is 237 Å². The molecule has 0 unspecified atom stereocenters. The fraction of sp³-hybridized carbons (Fsp3) is 0.188. The molecule has 0 bridgehead atoms. The lowest BCUT2D eigenvalue weighted by molar-refractivity contribution is 0.202. The summed E-state index contributed by atoms with van der Waals surface area (Å²) in [5.74, 6) is 2.10. The molecule has 6 aromatic rings. The Morgan fingerprint density at radius 2 is 1.65 bits per heavy atom. The Balaban J connectivity index is 1.05. The van der Waals surface area contributed by atoms with Crippen LogP contribution in [0.5, 0.6) is 0 Å². The summed E-state index contributed by atoms with van der Waals surface area (Å²) in [7, 11) is 0. The average molecular weight is 546 g/mol. The molecular weight excluding hydrogens is 518 g/mol. The molecule has 40 heavy (non-hydrogen) atoms. The molecule has 2 aromatic carbocycles. The lowest BCUT2D eigenvalue weighted by Crippen LogP contribution is -2.32.